The predicted octanol–water partition coefficient (Wildman–Crippen LogP) is -0.689. The quantitative estimate of drug-likeness (QED) is 0.621. The van der Waals surface area contributed by atoms with E-state index in [2.05, 4.69) is 23.6 Å². The average molecular weight is 206 g/mol. The molecule has 0 aromatic heterocycles. The highest BCUT2D eigenvalue weighted by atomic mass is 32.2. The van der Waals surface area contributed by atoms with Gasteiger partial charge in [-0.15, -0.1) is 0 Å². The van der Waals surface area contributed by atoms with Gasteiger partial charge in [-0.25, -0.2) is 5.01 Å². The second-order valence-electron chi connectivity index (χ2n) is 3.44. The molecule has 1 rings (SSSR count). The number of rotatable bonds is 3. The molecule has 0 aliphatic carbocycles. The van der Waals surface area contributed by atoms with Crippen molar-refractivity contribution in [1.29, 1.82) is 0 Å². The maximum atomic E-state index is 10.3. The van der Waals surface area contributed by atoms with Gasteiger partial charge in [-0.2, -0.15) is 4.83 Å². The van der Waals surface area contributed by atoms with Gasteiger partial charge in [-0.3, -0.25) is 9.11 Å². The summed E-state index contributed by atoms with van der Waals surface area (Å²) in [5, 5.41) is 1.72. The fourth-order valence-electron chi connectivity index (χ4n) is 1.44. The van der Waals surface area contributed by atoms with E-state index in [0.29, 0.717) is 6.04 Å². The molecule has 1 unspecified atom stereocenters. The highest BCUT2D eigenvalue weighted by Gasteiger charge is 2.18. The molecule has 0 bridgehead atoms. The van der Waals surface area contributed by atoms with E-state index >= 15 is 0 Å². The molecule has 1 aliphatic rings. The second kappa shape index (κ2) is 5.02. The van der Waals surface area contributed by atoms with Crippen LogP contribution in [0, 0.1) is 0 Å². The van der Waals surface area contributed by atoms with Crippen LogP contribution in [0.15, 0.2) is 0 Å². The van der Waals surface area contributed by atoms with Crippen molar-refractivity contribution in [3.63, 3.8) is 0 Å². The molecule has 0 aromatic rings. The summed E-state index contributed by atoms with van der Waals surface area (Å²) in [7, 11) is 0. The first-order chi connectivity index (χ1) is 6.09. The van der Waals surface area contributed by atoms with Crippen LogP contribution in [0.5, 0.6) is 0 Å². The van der Waals surface area contributed by atoms with Crippen molar-refractivity contribution in [2.75, 3.05) is 26.2 Å². The van der Waals surface area contributed by atoms with Crippen molar-refractivity contribution in [2.45, 2.75) is 19.9 Å². The number of piperazine rings is 1. The molecule has 1 saturated heterocycles. The van der Waals surface area contributed by atoms with E-state index in [-0.39, 0.29) is 0 Å². The van der Waals surface area contributed by atoms with E-state index in [0.717, 1.165) is 26.2 Å². The molecule has 0 aromatic carbocycles. The topological polar surface area (TPSA) is 58.6 Å². The third kappa shape index (κ3) is 3.70. The minimum Gasteiger partial charge on any atom is -0.759 e. The first kappa shape index (κ1) is 11.1. The molecule has 1 heterocycles. The molecule has 1 atom stereocenters. The molecule has 1 fully saturated rings. The molecule has 0 spiro atoms. The van der Waals surface area contributed by atoms with E-state index in [4.69, 9.17) is 0 Å². The molecule has 78 valence electrons. The van der Waals surface area contributed by atoms with Crippen LogP contribution in [0.4, 0.5) is 0 Å². The van der Waals surface area contributed by atoms with Crippen molar-refractivity contribution >= 4 is 11.3 Å². The minimum absolute atomic E-state index is 0.542. The summed E-state index contributed by atoms with van der Waals surface area (Å²) < 4.78 is 20.6. The van der Waals surface area contributed by atoms with Crippen LogP contribution in [0.3, 0.4) is 0 Å². The van der Waals surface area contributed by atoms with Crippen molar-refractivity contribution < 1.29 is 8.76 Å². The Hall–Kier alpha value is -0.0100. The lowest BCUT2D eigenvalue weighted by Gasteiger charge is -2.37. The Morgan fingerprint density at radius 2 is 1.85 bits per heavy atom. The van der Waals surface area contributed by atoms with Gasteiger partial charge < -0.3 is 4.55 Å². The van der Waals surface area contributed by atoms with Crippen LogP contribution in [0.1, 0.15) is 13.8 Å². The van der Waals surface area contributed by atoms with E-state index < -0.39 is 11.3 Å². The molecule has 0 saturated carbocycles. The predicted molar refractivity (Wildman–Crippen MR) is 50.3 cm³/mol. The van der Waals surface area contributed by atoms with Gasteiger partial charge >= 0.3 is 0 Å². The number of hydrazine groups is 1. The van der Waals surface area contributed by atoms with Crippen LogP contribution in [-0.4, -0.2) is 50.9 Å². The summed E-state index contributed by atoms with van der Waals surface area (Å²) in [4.78, 5) is 4.69. The standard InChI is InChI=1S/C7H17N3O2S/c1-7(2)9-3-5-10(6-4-9)8-13(11)12/h7-8H,3-6H2,1-2H3,(H,11,12)/p-1. The van der Waals surface area contributed by atoms with Crippen LogP contribution >= 0.6 is 0 Å². The monoisotopic (exact) mass is 206 g/mol. The summed E-state index contributed by atoms with van der Waals surface area (Å²) in [6, 6.07) is 0.542. The maximum absolute atomic E-state index is 10.3. The molecule has 6 heteroatoms. The Morgan fingerprint density at radius 3 is 2.23 bits per heavy atom. The van der Waals surface area contributed by atoms with Gasteiger partial charge in [0.05, 0.1) is 0 Å². The Balaban J connectivity index is 2.26. The van der Waals surface area contributed by atoms with Gasteiger partial charge in [0.2, 0.25) is 0 Å². The van der Waals surface area contributed by atoms with Crippen LogP contribution in [0.25, 0.3) is 0 Å². The minimum atomic E-state index is -2.18. The Bertz CT molecular complexity index is 181. The van der Waals surface area contributed by atoms with Gasteiger partial charge in [0.1, 0.15) is 0 Å². The highest BCUT2D eigenvalue weighted by molar-refractivity contribution is 7.76. The van der Waals surface area contributed by atoms with Gasteiger partial charge in [-0.05, 0) is 13.8 Å². The molecule has 13 heavy (non-hydrogen) atoms. The normalized spacial score (nSPS) is 23.7. The zero-order chi connectivity index (χ0) is 9.84. The number of nitrogens with zero attached hydrogens (tertiary/aromatic N) is 2. The van der Waals surface area contributed by atoms with Crippen molar-refractivity contribution in [1.82, 2.24) is 14.7 Å². The SMILES string of the molecule is CC(C)N1CCN(NS(=O)[O-])CC1. The zero-order valence-electron chi connectivity index (χ0n) is 8.02. The Morgan fingerprint density at radius 1 is 1.31 bits per heavy atom. The van der Waals surface area contributed by atoms with E-state index in [1.807, 2.05) is 0 Å². The molecule has 5 nitrogen and oxygen atoms in total. The summed E-state index contributed by atoms with van der Waals surface area (Å²) in [6.45, 7) is 7.64. The lowest BCUT2D eigenvalue weighted by Crippen LogP contribution is -2.53. The summed E-state index contributed by atoms with van der Waals surface area (Å²) in [6.07, 6.45) is 0. The van der Waals surface area contributed by atoms with E-state index in [1.165, 1.54) is 0 Å². The smallest absolute Gasteiger partial charge is 0.0326 e. The van der Waals surface area contributed by atoms with Gasteiger partial charge in [-0.1, -0.05) is 0 Å². The van der Waals surface area contributed by atoms with Gasteiger partial charge in [0, 0.05) is 43.5 Å². The fraction of sp³-hybridized carbons (Fsp3) is 1.00. The van der Waals surface area contributed by atoms with Crippen molar-refractivity contribution in [3.8, 4) is 0 Å². The molecule has 1 N–H and O–H groups in total. The Labute approximate surface area is 81.5 Å². The fourth-order valence-corrected chi connectivity index (χ4v) is 1.83. The lowest BCUT2D eigenvalue weighted by molar-refractivity contribution is 0.0938. The van der Waals surface area contributed by atoms with Crippen LogP contribution in [0.2, 0.25) is 0 Å². The van der Waals surface area contributed by atoms with Crippen molar-refractivity contribution in [3.05, 3.63) is 0 Å². The molecule has 0 amide bonds. The molecule has 1 aliphatic heterocycles. The third-order valence-electron chi connectivity index (χ3n) is 2.25. The first-order valence-corrected chi connectivity index (χ1v) is 5.51. The summed E-state index contributed by atoms with van der Waals surface area (Å²) >= 11 is -2.18. The Kier molecular flexibility index (Phi) is 4.27. The van der Waals surface area contributed by atoms with Gasteiger partial charge in [0.25, 0.3) is 0 Å². The highest BCUT2D eigenvalue weighted by Crippen LogP contribution is 2.03. The molecular weight excluding hydrogens is 190 g/mol. The number of nitrogens with one attached hydrogen (secondary N) is 1. The van der Waals surface area contributed by atoms with E-state index in [1.54, 1.807) is 5.01 Å². The van der Waals surface area contributed by atoms with Crippen molar-refractivity contribution in [2.24, 2.45) is 0 Å². The average Bonchev–Trinajstić information content (AvgIpc) is 2.04. The number of hydrogen-bond donors (Lipinski definition) is 1. The van der Waals surface area contributed by atoms with Crippen LogP contribution in [-0.2, 0) is 11.3 Å². The zero-order valence-corrected chi connectivity index (χ0v) is 8.84. The lowest BCUT2D eigenvalue weighted by atomic mass is 10.2. The van der Waals surface area contributed by atoms with E-state index in [9.17, 15) is 8.76 Å². The molecular formula is C7H16N3O2S-. The first-order valence-electron chi connectivity index (χ1n) is 4.44. The van der Waals surface area contributed by atoms with Gasteiger partial charge in [0.15, 0.2) is 0 Å². The number of hydrogen-bond acceptors (Lipinski definition) is 4. The molecule has 0 radical (unpaired) electrons. The summed E-state index contributed by atoms with van der Waals surface area (Å²) in [5.41, 5.74) is 0. The summed E-state index contributed by atoms with van der Waals surface area (Å²) in [5.74, 6) is 0. The third-order valence-corrected chi connectivity index (χ3v) is 2.66. The second-order valence-corrected chi connectivity index (χ2v) is 4.09. The maximum Gasteiger partial charge on any atom is 0.0326 e. The largest absolute Gasteiger partial charge is 0.759 e. The van der Waals surface area contributed by atoms with Crippen LogP contribution < -0.4 is 4.83 Å².